The van der Waals surface area contributed by atoms with Gasteiger partial charge in [-0.3, -0.25) is 9.27 Å². The Hall–Kier alpha value is -0.860. The van der Waals surface area contributed by atoms with Crippen molar-refractivity contribution in [3.05, 3.63) is 12.3 Å². The first-order chi connectivity index (χ1) is 4.27. The summed E-state index contributed by atoms with van der Waals surface area (Å²) < 4.78 is 20.0. The zero-order valence-electron chi connectivity index (χ0n) is 4.57. The minimum absolute atomic E-state index is 0.240. The Bertz CT molecular complexity index is 160. The van der Waals surface area contributed by atoms with E-state index in [4.69, 9.17) is 9.81 Å². The molecule has 1 atom stereocenters. The molecule has 0 bridgehead atoms. The molecule has 0 heterocycles. The van der Waals surface area contributed by atoms with E-state index >= 15 is 0 Å². The van der Waals surface area contributed by atoms with E-state index in [1.807, 2.05) is 6.07 Å². The largest absolute Gasteiger partial charge is 0.290 e. The first kappa shape index (κ1) is 8.14. The smallest absolute Gasteiger partial charge is 0.258 e. The van der Waals surface area contributed by atoms with Crippen molar-refractivity contribution in [3.8, 4) is 6.07 Å². The molecule has 0 aliphatic rings. The summed E-state index contributed by atoms with van der Waals surface area (Å²) in [4.78, 5) is 0. The van der Waals surface area contributed by atoms with E-state index in [-0.39, 0.29) is 6.42 Å². The minimum atomic E-state index is -2.02. The fourth-order valence-electron chi connectivity index (χ4n) is 0.218. The SMILES string of the molecule is N#CCC=CNS(=O)O. The van der Waals surface area contributed by atoms with Crippen molar-refractivity contribution in [2.45, 2.75) is 6.42 Å². The average Bonchev–Trinajstić information content (AvgIpc) is 1.80. The molecule has 0 radical (unpaired) electrons. The summed E-state index contributed by atoms with van der Waals surface area (Å²) >= 11 is -2.02. The maximum absolute atomic E-state index is 9.83. The van der Waals surface area contributed by atoms with Crippen LogP contribution in [0.25, 0.3) is 0 Å². The van der Waals surface area contributed by atoms with Gasteiger partial charge in [-0.25, -0.2) is 4.21 Å². The first-order valence-corrected chi connectivity index (χ1v) is 3.27. The Labute approximate surface area is 55.6 Å². The van der Waals surface area contributed by atoms with E-state index in [2.05, 4.69) is 4.72 Å². The number of hydrogen-bond acceptors (Lipinski definition) is 2. The van der Waals surface area contributed by atoms with Gasteiger partial charge in [0.1, 0.15) is 0 Å². The Morgan fingerprint density at radius 1 is 1.89 bits per heavy atom. The van der Waals surface area contributed by atoms with E-state index in [0.717, 1.165) is 0 Å². The lowest BCUT2D eigenvalue weighted by atomic mass is 10.5. The molecular formula is C4H6N2O2S. The van der Waals surface area contributed by atoms with Crippen LogP contribution < -0.4 is 4.72 Å². The Morgan fingerprint density at radius 2 is 2.56 bits per heavy atom. The molecule has 0 amide bonds. The van der Waals surface area contributed by atoms with E-state index in [9.17, 15) is 4.21 Å². The van der Waals surface area contributed by atoms with Gasteiger partial charge in [0.05, 0.1) is 12.5 Å². The highest BCUT2D eigenvalue weighted by molar-refractivity contribution is 7.77. The summed E-state index contributed by atoms with van der Waals surface area (Å²) in [6, 6.07) is 1.83. The summed E-state index contributed by atoms with van der Waals surface area (Å²) in [6.45, 7) is 0. The normalized spacial score (nSPS) is 12.9. The van der Waals surface area contributed by atoms with Crippen LogP contribution in [0, 0.1) is 11.3 Å². The lowest BCUT2D eigenvalue weighted by Crippen LogP contribution is -2.06. The first-order valence-electron chi connectivity index (χ1n) is 2.16. The number of nitrogens with zero attached hydrogens (tertiary/aromatic N) is 1. The maximum Gasteiger partial charge on any atom is 0.258 e. The molecular weight excluding hydrogens is 140 g/mol. The van der Waals surface area contributed by atoms with Crippen LogP contribution in [-0.2, 0) is 11.3 Å². The van der Waals surface area contributed by atoms with Crippen LogP contribution in [0.1, 0.15) is 6.42 Å². The fourth-order valence-corrected chi connectivity index (χ4v) is 0.431. The third kappa shape index (κ3) is 7.14. The summed E-state index contributed by atoms with van der Waals surface area (Å²) in [5.41, 5.74) is 0. The minimum Gasteiger partial charge on any atom is -0.290 e. The summed E-state index contributed by atoms with van der Waals surface area (Å²) in [7, 11) is 0. The molecule has 5 heteroatoms. The van der Waals surface area contributed by atoms with Crippen LogP contribution in [0.5, 0.6) is 0 Å². The molecule has 0 rings (SSSR count). The number of nitriles is 1. The number of rotatable bonds is 3. The standard InChI is InChI=1S/C4H6N2O2S/c5-3-1-2-4-6-9(7)8/h2,4,6H,1H2,(H,7,8). The second-order valence-electron chi connectivity index (χ2n) is 1.13. The molecule has 0 aromatic rings. The zero-order valence-corrected chi connectivity index (χ0v) is 5.39. The molecule has 0 saturated carbocycles. The van der Waals surface area contributed by atoms with Crippen LogP contribution in [0.15, 0.2) is 12.3 Å². The van der Waals surface area contributed by atoms with Gasteiger partial charge >= 0.3 is 0 Å². The quantitative estimate of drug-likeness (QED) is 0.556. The second-order valence-corrected chi connectivity index (χ2v) is 1.87. The average molecular weight is 146 g/mol. The molecule has 0 fully saturated rings. The summed E-state index contributed by atoms with van der Waals surface area (Å²) in [5, 5.41) is 7.96. The molecule has 9 heavy (non-hydrogen) atoms. The van der Waals surface area contributed by atoms with Crippen LogP contribution in [0.2, 0.25) is 0 Å². The van der Waals surface area contributed by atoms with Crippen molar-refractivity contribution >= 4 is 11.3 Å². The molecule has 0 aliphatic heterocycles. The molecule has 50 valence electrons. The lowest BCUT2D eigenvalue weighted by Gasteiger charge is -1.86. The van der Waals surface area contributed by atoms with Crippen molar-refractivity contribution in [3.63, 3.8) is 0 Å². The molecule has 4 nitrogen and oxygen atoms in total. The highest BCUT2D eigenvalue weighted by atomic mass is 32.2. The molecule has 0 aromatic carbocycles. The van der Waals surface area contributed by atoms with Crippen LogP contribution in [0.4, 0.5) is 0 Å². The van der Waals surface area contributed by atoms with Gasteiger partial charge in [-0.2, -0.15) is 5.26 Å². The van der Waals surface area contributed by atoms with Gasteiger partial charge in [0, 0.05) is 6.20 Å². The molecule has 2 N–H and O–H groups in total. The molecule has 0 saturated heterocycles. The van der Waals surface area contributed by atoms with Gasteiger partial charge in [0.15, 0.2) is 0 Å². The zero-order chi connectivity index (χ0) is 7.11. The Kier molecular flexibility index (Phi) is 4.78. The van der Waals surface area contributed by atoms with Crippen LogP contribution >= 0.6 is 0 Å². The van der Waals surface area contributed by atoms with E-state index in [1.165, 1.54) is 12.3 Å². The topological polar surface area (TPSA) is 73.1 Å². The van der Waals surface area contributed by atoms with Crippen LogP contribution in [-0.4, -0.2) is 8.76 Å². The predicted molar refractivity (Wildman–Crippen MR) is 33.3 cm³/mol. The fraction of sp³-hybridized carbons (Fsp3) is 0.250. The Morgan fingerprint density at radius 3 is 3.00 bits per heavy atom. The molecule has 1 unspecified atom stereocenters. The van der Waals surface area contributed by atoms with Gasteiger partial charge in [-0.15, -0.1) is 0 Å². The molecule has 0 aliphatic carbocycles. The van der Waals surface area contributed by atoms with Crippen molar-refractivity contribution < 1.29 is 8.76 Å². The number of allylic oxidation sites excluding steroid dienone is 1. The number of nitrogens with one attached hydrogen (secondary N) is 1. The monoisotopic (exact) mass is 146 g/mol. The highest BCUT2D eigenvalue weighted by Crippen LogP contribution is 1.75. The second kappa shape index (κ2) is 5.28. The summed E-state index contributed by atoms with van der Waals surface area (Å²) in [5.74, 6) is 0. The van der Waals surface area contributed by atoms with Crippen molar-refractivity contribution in [2.24, 2.45) is 0 Å². The number of hydrogen-bond donors (Lipinski definition) is 2. The van der Waals surface area contributed by atoms with Gasteiger partial charge in [-0.1, -0.05) is 6.08 Å². The van der Waals surface area contributed by atoms with Gasteiger partial charge in [-0.05, 0) is 0 Å². The van der Waals surface area contributed by atoms with E-state index < -0.39 is 11.3 Å². The van der Waals surface area contributed by atoms with Crippen molar-refractivity contribution in [1.82, 2.24) is 4.72 Å². The lowest BCUT2D eigenvalue weighted by molar-refractivity contribution is 0.558. The predicted octanol–water partition coefficient (Wildman–Crippen LogP) is 0.140. The summed E-state index contributed by atoms with van der Waals surface area (Å²) in [6.07, 6.45) is 2.96. The van der Waals surface area contributed by atoms with Gasteiger partial charge < -0.3 is 0 Å². The van der Waals surface area contributed by atoms with Crippen molar-refractivity contribution in [1.29, 1.82) is 5.26 Å². The Balaban J connectivity index is 3.28. The van der Waals surface area contributed by atoms with E-state index in [0.29, 0.717) is 0 Å². The highest BCUT2D eigenvalue weighted by Gasteiger charge is 1.79. The third-order valence-corrected chi connectivity index (χ3v) is 0.834. The van der Waals surface area contributed by atoms with Gasteiger partial charge in [0.25, 0.3) is 11.3 Å². The van der Waals surface area contributed by atoms with Gasteiger partial charge in [0.2, 0.25) is 0 Å². The van der Waals surface area contributed by atoms with E-state index in [1.54, 1.807) is 0 Å². The molecule has 0 aromatic heterocycles. The molecule has 0 spiro atoms. The van der Waals surface area contributed by atoms with Crippen molar-refractivity contribution in [2.75, 3.05) is 0 Å². The maximum atomic E-state index is 9.83. The third-order valence-electron chi connectivity index (χ3n) is 0.496. The van der Waals surface area contributed by atoms with Crippen LogP contribution in [0.3, 0.4) is 0 Å².